The zero-order valence-corrected chi connectivity index (χ0v) is 19.6. The third-order valence-corrected chi connectivity index (χ3v) is 5.78. The molecule has 1 amide bonds. The van der Waals surface area contributed by atoms with Gasteiger partial charge in [-0.2, -0.15) is 0 Å². The summed E-state index contributed by atoms with van der Waals surface area (Å²) in [5.41, 5.74) is 7.96. The van der Waals surface area contributed by atoms with Crippen LogP contribution < -0.4 is 11.1 Å². The van der Waals surface area contributed by atoms with Crippen molar-refractivity contribution in [3.63, 3.8) is 0 Å². The highest BCUT2D eigenvalue weighted by atomic mass is 35.5. The number of rotatable bonds is 10. The van der Waals surface area contributed by atoms with Gasteiger partial charge in [0.2, 0.25) is 0 Å². The summed E-state index contributed by atoms with van der Waals surface area (Å²) in [6.45, 7) is 0. The van der Waals surface area contributed by atoms with Gasteiger partial charge in [0.15, 0.2) is 0 Å². The van der Waals surface area contributed by atoms with Gasteiger partial charge >= 0.3 is 5.97 Å². The SMILES string of the molecule is Nc1cccc(CCC(=O)Cc2ccc(C[C@H](NC(=O)c3c(Cl)cccc3Cl)C(=O)O)cc2)n1. The first-order valence-corrected chi connectivity index (χ1v) is 11.3. The molecule has 9 heteroatoms. The zero-order valence-electron chi connectivity index (χ0n) is 18.1. The van der Waals surface area contributed by atoms with Gasteiger partial charge in [-0.1, -0.05) is 59.6 Å². The Kier molecular flexibility index (Phi) is 8.62. The highest BCUT2D eigenvalue weighted by Crippen LogP contribution is 2.24. The van der Waals surface area contributed by atoms with Crippen LogP contribution in [-0.4, -0.2) is 33.8 Å². The number of Topliss-reactive ketones (excluding diaryl/α,β-unsaturated/α-hetero) is 1. The molecule has 0 radical (unpaired) electrons. The molecule has 3 rings (SSSR count). The lowest BCUT2D eigenvalue weighted by Gasteiger charge is -2.16. The number of aliphatic carboxylic acids is 1. The lowest BCUT2D eigenvalue weighted by molar-refractivity contribution is -0.139. The molecule has 1 heterocycles. The minimum atomic E-state index is -1.19. The molecular formula is C25H23Cl2N3O4. The topological polar surface area (TPSA) is 122 Å². The minimum Gasteiger partial charge on any atom is -0.480 e. The molecule has 0 aliphatic carbocycles. The summed E-state index contributed by atoms with van der Waals surface area (Å²) in [5, 5.41) is 12.3. The van der Waals surface area contributed by atoms with Gasteiger partial charge in [-0.25, -0.2) is 9.78 Å². The molecule has 0 aliphatic heterocycles. The van der Waals surface area contributed by atoms with Crippen LogP contribution in [0.2, 0.25) is 10.0 Å². The molecule has 1 aromatic heterocycles. The fraction of sp³-hybridized carbons (Fsp3) is 0.200. The van der Waals surface area contributed by atoms with E-state index in [2.05, 4.69) is 10.3 Å². The maximum absolute atomic E-state index is 12.6. The quantitative estimate of drug-likeness (QED) is 0.385. The standard InChI is InChI=1S/C25H23Cl2N3O4/c26-19-4-2-5-20(27)23(19)24(32)30-21(25(33)34)14-16-9-7-15(8-10-16)13-18(31)12-11-17-3-1-6-22(28)29-17/h1-10,21H,11-14H2,(H2,28,29)(H,30,32)(H,33,34)/t21-/m0/s1. The molecule has 3 aromatic rings. The molecule has 0 fully saturated rings. The number of nitrogens with zero attached hydrogens (tertiary/aromatic N) is 1. The van der Waals surface area contributed by atoms with Crippen LogP contribution in [0.1, 0.15) is 33.6 Å². The van der Waals surface area contributed by atoms with Crippen molar-refractivity contribution < 1.29 is 19.5 Å². The van der Waals surface area contributed by atoms with Crippen molar-refractivity contribution in [1.82, 2.24) is 10.3 Å². The lowest BCUT2D eigenvalue weighted by atomic mass is 10.0. The fourth-order valence-electron chi connectivity index (χ4n) is 3.40. The lowest BCUT2D eigenvalue weighted by Crippen LogP contribution is -2.42. The van der Waals surface area contributed by atoms with E-state index in [1.807, 2.05) is 6.07 Å². The number of carboxylic acid groups (broad SMARTS) is 1. The van der Waals surface area contributed by atoms with E-state index >= 15 is 0 Å². The van der Waals surface area contributed by atoms with Crippen molar-refractivity contribution in [3.05, 3.63) is 93.1 Å². The number of carbonyl (C=O) groups excluding carboxylic acids is 2. The van der Waals surface area contributed by atoms with E-state index in [-0.39, 0.29) is 34.2 Å². The van der Waals surface area contributed by atoms with E-state index in [1.54, 1.807) is 42.5 Å². The van der Waals surface area contributed by atoms with Crippen LogP contribution in [0.15, 0.2) is 60.7 Å². The van der Waals surface area contributed by atoms with Gasteiger partial charge in [0.05, 0.1) is 15.6 Å². The van der Waals surface area contributed by atoms with Crippen LogP contribution in [-0.2, 0) is 28.9 Å². The van der Waals surface area contributed by atoms with Crippen molar-refractivity contribution >= 4 is 46.7 Å². The maximum atomic E-state index is 12.6. The van der Waals surface area contributed by atoms with Gasteiger partial charge in [-0.15, -0.1) is 0 Å². The summed E-state index contributed by atoms with van der Waals surface area (Å²) in [5.74, 6) is -1.37. The van der Waals surface area contributed by atoms with Crippen LogP contribution >= 0.6 is 23.2 Å². The molecule has 0 bridgehead atoms. The maximum Gasteiger partial charge on any atom is 0.326 e. The van der Waals surface area contributed by atoms with Crippen molar-refractivity contribution in [2.24, 2.45) is 0 Å². The average Bonchev–Trinajstić information content (AvgIpc) is 2.78. The number of nitrogens with two attached hydrogens (primary N) is 1. The number of hydrogen-bond acceptors (Lipinski definition) is 5. The molecule has 0 aliphatic rings. The Bertz CT molecular complexity index is 1180. The molecular weight excluding hydrogens is 477 g/mol. The smallest absolute Gasteiger partial charge is 0.326 e. The van der Waals surface area contributed by atoms with Crippen LogP contribution in [0, 0.1) is 0 Å². The second-order valence-corrected chi connectivity index (χ2v) is 8.57. The number of ketones is 1. The van der Waals surface area contributed by atoms with Gasteiger partial charge in [0.1, 0.15) is 17.6 Å². The first-order chi connectivity index (χ1) is 16.2. The number of nitrogen functional groups attached to an aromatic ring is 1. The molecule has 7 nitrogen and oxygen atoms in total. The van der Waals surface area contributed by atoms with Crippen LogP contribution in [0.3, 0.4) is 0 Å². The number of halogens is 2. The predicted molar refractivity (Wildman–Crippen MR) is 131 cm³/mol. The number of hydrogen-bond donors (Lipinski definition) is 3. The Morgan fingerprint density at radius 1 is 0.941 bits per heavy atom. The van der Waals surface area contributed by atoms with Gasteiger partial charge in [0, 0.05) is 25.0 Å². The largest absolute Gasteiger partial charge is 0.480 e. The van der Waals surface area contributed by atoms with E-state index < -0.39 is 17.9 Å². The number of pyridine rings is 1. The zero-order chi connectivity index (χ0) is 24.7. The molecule has 2 aromatic carbocycles. The third-order valence-electron chi connectivity index (χ3n) is 5.15. The minimum absolute atomic E-state index is 0.0272. The summed E-state index contributed by atoms with van der Waals surface area (Å²) in [6.07, 6.45) is 1.17. The second-order valence-electron chi connectivity index (χ2n) is 7.75. The van der Waals surface area contributed by atoms with Crippen molar-refractivity contribution in [1.29, 1.82) is 0 Å². The number of carbonyl (C=O) groups is 3. The molecule has 1 atom stereocenters. The van der Waals surface area contributed by atoms with Gasteiger partial charge in [-0.3, -0.25) is 9.59 Å². The van der Waals surface area contributed by atoms with Crippen LogP contribution in [0.25, 0.3) is 0 Å². The molecule has 0 saturated heterocycles. The molecule has 4 N–H and O–H groups in total. The Morgan fingerprint density at radius 2 is 1.56 bits per heavy atom. The van der Waals surface area contributed by atoms with E-state index in [1.165, 1.54) is 12.1 Å². The number of aromatic nitrogens is 1. The summed E-state index contributed by atoms with van der Waals surface area (Å²) in [4.78, 5) is 40.8. The highest BCUT2D eigenvalue weighted by molar-refractivity contribution is 6.39. The number of nitrogens with one attached hydrogen (secondary N) is 1. The van der Waals surface area contributed by atoms with E-state index in [9.17, 15) is 19.5 Å². The van der Waals surface area contributed by atoms with Crippen molar-refractivity contribution in [2.75, 3.05) is 5.73 Å². The molecule has 0 saturated carbocycles. The summed E-state index contributed by atoms with van der Waals surface area (Å²) in [6, 6.07) is 15.8. The Labute approximate surface area is 206 Å². The third kappa shape index (κ3) is 7.04. The van der Waals surface area contributed by atoms with Crippen LogP contribution in [0.5, 0.6) is 0 Å². The van der Waals surface area contributed by atoms with Gasteiger partial charge < -0.3 is 16.2 Å². The fourth-order valence-corrected chi connectivity index (χ4v) is 3.96. The molecule has 0 unspecified atom stereocenters. The van der Waals surface area contributed by atoms with Gasteiger partial charge in [0.25, 0.3) is 5.91 Å². The Morgan fingerprint density at radius 3 is 2.18 bits per heavy atom. The highest BCUT2D eigenvalue weighted by Gasteiger charge is 2.23. The van der Waals surface area contributed by atoms with Gasteiger partial charge in [-0.05, 0) is 41.8 Å². The molecule has 0 spiro atoms. The molecule has 34 heavy (non-hydrogen) atoms. The number of aryl methyl sites for hydroxylation is 1. The summed E-state index contributed by atoms with van der Waals surface area (Å²) >= 11 is 12.1. The monoisotopic (exact) mass is 499 g/mol. The summed E-state index contributed by atoms with van der Waals surface area (Å²) in [7, 11) is 0. The number of amides is 1. The molecule has 176 valence electrons. The second kappa shape index (κ2) is 11.6. The normalized spacial score (nSPS) is 11.6. The Balaban J connectivity index is 1.57. The van der Waals surface area contributed by atoms with Crippen LogP contribution in [0.4, 0.5) is 5.82 Å². The summed E-state index contributed by atoms with van der Waals surface area (Å²) < 4.78 is 0. The van der Waals surface area contributed by atoms with E-state index in [0.29, 0.717) is 24.2 Å². The number of anilines is 1. The van der Waals surface area contributed by atoms with Crippen molar-refractivity contribution in [3.8, 4) is 0 Å². The Hall–Kier alpha value is -3.42. The number of carboxylic acids is 1. The number of benzene rings is 2. The average molecular weight is 500 g/mol. The van der Waals surface area contributed by atoms with E-state index in [0.717, 1.165) is 11.3 Å². The first-order valence-electron chi connectivity index (χ1n) is 10.5. The van der Waals surface area contributed by atoms with Crippen molar-refractivity contribution in [2.45, 2.75) is 31.7 Å². The first kappa shape index (κ1) is 25.2. The van der Waals surface area contributed by atoms with E-state index in [4.69, 9.17) is 28.9 Å². The predicted octanol–water partition coefficient (Wildman–Crippen LogP) is 4.14.